The van der Waals surface area contributed by atoms with Crippen LogP contribution in [0.1, 0.15) is 27.2 Å². The summed E-state index contributed by atoms with van der Waals surface area (Å²) in [5, 5.41) is 9.00. The third-order valence-corrected chi connectivity index (χ3v) is 3.03. The number of amides is 1. The van der Waals surface area contributed by atoms with Crippen LogP contribution in [0.2, 0.25) is 0 Å². The van der Waals surface area contributed by atoms with E-state index in [2.05, 4.69) is 16.0 Å². The topological polar surface area (TPSA) is 62.4 Å². The maximum absolute atomic E-state index is 13.8. The molecule has 0 radical (unpaired) electrons. The Kier molecular flexibility index (Phi) is 4.67. The Morgan fingerprint density at radius 1 is 1.43 bits per heavy atom. The first-order valence-electron chi connectivity index (χ1n) is 7.10. The van der Waals surface area contributed by atoms with Crippen LogP contribution in [0, 0.1) is 5.82 Å². The minimum atomic E-state index is -0.666. The summed E-state index contributed by atoms with van der Waals surface area (Å²) in [5.74, 6) is -0.490. The molecule has 3 N–H and O–H groups in total. The van der Waals surface area contributed by atoms with E-state index < -0.39 is 17.5 Å². The van der Waals surface area contributed by atoms with Gasteiger partial charge in [-0.2, -0.15) is 0 Å². The number of carbonyl (C=O) groups excluding carboxylic acids is 1. The van der Waals surface area contributed by atoms with Gasteiger partial charge in [-0.25, -0.2) is 9.18 Å². The standard InChI is InChI=1S/C15H22FN3O2/c1-15(2,3)21-14(20)19-13-8-10(4-5-12(13)16)18-11-6-7-17-9-11/h4-5,8,11,17-18H,6-7,9H2,1-3H3,(H,19,20). The van der Waals surface area contributed by atoms with Crippen molar-refractivity contribution >= 4 is 17.5 Å². The molecule has 1 aromatic carbocycles. The molecule has 1 aliphatic heterocycles. The summed E-state index contributed by atoms with van der Waals surface area (Å²) >= 11 is 0. The summed E-state index contributed by atoms with van der Waals surface area (Å²) in [6.45, 7) is 7.13. The van der Waals surface area contributed by atoms with Gasteiger partial charge in [0.2, 0.25) is 0 Å². The predicted molar refractivity (Wildman–Crippen MR) is 81.2 cm³/mol. The summed E-state index contributed by atoms with van der Waals surface area (Å²) in [5.41, 5.74) is 0.266. The van der Waals surface area contributed by atoms with Crippen molar-refractivity contribution < 1.29 is 13.9 Å². The normalized spacial score (nSPS) is 18.4. The van der Waals surface area contributed by atoms with E-state index in [1.807, 2.05) is 0 Å². The highest BCUT2D eigenvalue weighted by atomic mass is 19.1. The van der Waals surface area contributed by atoms with Gasteiger partial charge in [0.25, 0.3) is 0 Å². The lowest BCUT2D eigenvalue weighted by Gasteiger charge is -2.20. The average molecular weight is 295 g/mol. The van der Waals surface area contributed by atoms with Crippen LogP contribution in [0.5, 0.6) is 0 Å². The van der Waals surface area contributed by atoms with Crippen LogP contribution in [-0.2, 0) is 4.74 Å². The minimum absolute atomic E-state index is 0.111. The van der Waals surface area contributed by atoms with Gasteiger partial charge < -0.3 is 15.4 Å². The lowest BCUT2D eigenvalue weighted by molar-refractivity contribution is 0.0635. The van der Waals surface area contributed by atoms with Crippen molar-refractivity contribution in [2.45, 2.75) is 38.8 Å². The molecule has 1 aromatic rings. The van der Waals surface area contributed by atoms with Gasteiger partial charge in [0.15, 0.2) is 0 Å². The number of nitrogens with one attached hydrogen (secondary N) is 3. The van der Waals surface area contributed by atoms with Crippen LogP contribution in [0.4, 0.5) is 20.6 Å². The molecule has 0 aromatic heterocycles. The molecule has 1 aliphatic rings. The molecule has 0 bridgehead atoms. The number of hydrogen-bond acceptors (Lipinski definition) is 4. The highest BCUT2D eigenvalue weighted by molar-refractivity contribution is 5.85. The van der Waals surface area contributed by atoms with Gasteiger partial charge in [-0.15, -0.1) is 0 Å². The van der Waals surface area contributed by atoms with Gasteiger partial charge in [0, 0.05) is 18.3 Å². The van der Waals surface area contributed by atoms with E-state index in [1.54, 1.807) is 32.9 Å². The second-order valence-corrected chi connectivity index (χ2v) is 6.16. The zero-order chi connectivity index (χ0) is 15.5. The quantitative estimate of drug-likeness (QED) is 0.802. The molecule has 1 atom stereocenters. The van der Waals surface area contributed by atoms with Crippen LogP contribution >= 0.6 is 0 Å². The fraction of sp³-hybridized carbons (Fsp3) is 0.533. The molecule has 21 heavy (non-hydrogen) atoms. The minimum Gasteiger partial charge on any atom is -0.444 e. The second-order valence-electron chi connectivity index (χ2n) is 6.16. The smallest absolute Gasteiger partial charge is 0.412 e. The van der Waals surface area contributed by atoms with Crippen molar-refractivity contribution in [3.63, 3.8) is 0 Å². The molecular formula is C15H22FN3O2. The molecule has 0 spiro atoms. The van der Waals surface area contributed by atoms with E-state index in [1.165, 1.54) is 6.07 Å². The third kappa shape index (κ3) is 4.90. The van der Waals surface area contributed by atoms with Gasteiger partial charge in [0.05, 0.1) is 5.69 Å². The molecule has 5 nitrogen and oxygen atoms in total. The first-order valence-corrected chi connectivity index (χ1v) is 7.10. The van der Waals surface area contributed by atoms with Gasteiger partial charge in [-0.1, -0.05) is 0 Å². The molecule has 1 amide bonds. The lowest BCUT2D eigenvalue weighted by atomic mass is 10.2. The Morgan fingerprint density at radius 2 is 2.19 bits per heavy atom. The molecule has 2 rings (SSSR count). The van der Waals surface area contributed by atoms with Gasteiger partial charge in [0.1, 0.15) is 11.4 Å². The molecular weight excluding hydrogens is 273 g/mol. The SMILES string of the molecule is CC(C)(C)OC(=O)Nc1cc(NC2CCNC2)ccc1F. The molecule has 0 saturated carbocycles. The zero-order valence-corrected chi connectivity index (χ0v) is 12.6. The maximum atomic E-state index is 13.8. The Hall–Kier alpha value is -1.82. The first-order chi connectivity index (χ1) is 9.83. The summed E-state index contributed by atoms with van der Waals surface area (Å²) in [6, 6.07) is 4.90. The molecule has 1 saturated heterocycles. The maximum Gasteiger partial charge on any atom is 0.412 e. The number of rotatable bonds is 3. The third-order valence-electron chi connectivity index (χ3n) is 3.03. The van der Waals surface area contributed by atoms with Gasteiger partial charge >= 0.3 is 6.09 Å². The molecule has 1 heterocycles. The number of halogens is 1. The number of carbonyl (C=O) groups is 1. The highest BCUT2D eigenvalue weighted by Gasteiger charge is 2.18. The van der Waals surface area contributed by atoms with E-state index in [0.717, 1.165) is 25.2 Å². The van der Waals surface area contributed by atoms with Gasteiger partial charge in [-0.05, 0) is 51.9 Å². The molecule has 1 fully saturated rings. The van der Waals surface area contributed by atoms with Crippen LogP contribution < -0.4 is 16.0 Å². The first kappa shape index (κ1) is 15.6. The number of anilines is 2. The van der Waals surface area contributed by atoms with E-state index in [4.69, 9.17) is 4.74 Å². The van der Waals surface area contributed by atoms with Crippen molar-refractivity contribution in [1.82, 2.24) is 5.32 Å². The summed E-state index contributed by atoms with van der Waals surface area (Å²) in [7, 11) is 0. The number of hydrogen-bond donors (Lipinski definition) is 3. The molecule has 1 unspecified atom stereocenters. The van der Waals surface area contributed by atoms with Crippen molar-refractivity contribution in [3.8, 4) is 0 Å². The summed E-state index contributed by atoms with van der Waals surface area (Å²) < 4.78 is 18.9. The lowest BCUT2D eigenvalue weighted by Crippen LogP contribution is -2.27. The van der Waals surface area contributed by atoms with Crippen molar-refractivity contribution in [3.05, 3.63) is 24.0 Å². The molecule has 6 heteroatoms. The van der Waals surface area contributed by atoms with Crippen molar-refractivity contribution in [1.29, 1.82) is 0 Å². The average Bonchev–Trinajstić information content (AvgIpc) is 2.84. The van der Waals surface area contributed by atoms with E-state index in [0.29, 0.717) is 6.04 Å². The largest absolute Gasteiger partial charge is 0.444 e. The molecule has 116 valence electrons. The van der Waals surface area contributed by atoms with Crippen molar-refractivity contribution in [2.24, 2.45) is 0 Å². The Morgan fingerprint density at radius 3 is 2.81 bits per heavy atom. The fourth-order valence-electron chi connectivity index (χ4n) is 2.14. The Bertz CT molecular complexity index is 508. The molecule has 0 aliphatic carbocycles. The van der Waals surface area contributed by atoms with Crippen molar-refractivity contribution in [2.75, 3.05) is 23.7 Å². The zero-order valence-electron chi connectivity index (χ0n) is 12.6. The van der Waals surface area contributed by atoms with Crippen LogP contribution in [-0.4, -0.2) is 30.8 Å². The van der Waals surface area contributed by atoms with Crippen LogP contribution in [0.25, 0.3) is 0 Å². The van der Waals surface area contributed by atoms with E-state index in [9.17, 15) is 9.18 Å². The number of ether oxygens (including phenoxy) is 1. The Balaban J connectivity index is 2.02. The fourth-order valence-corrected chi connectivity index (χ4v) is 2.14. The number of benzene rings is 1. The van der Waals surface area contributed by atoms with E-state index >= 15 is 0 Å². The van der Waals surface area contributed by atoms with E-state index in [-0.39, 0.29) is 5.69 Å². The summed E-state index contributed by atoms with van der Waals surface area (Å²) in [6.07, 6.45) is 0.354. The second kappa shape index (κ2) is 6.30. The Labute approximate surface area is 124 Å². The monoisotopic (exact) mass is 295 g/mol. The van der Waals surface area contributed by atoms with Crippen LogP contribution in [0.15, 0.2) is 18.2 Å². The highest BCUT2D eigenvalue weighted by Crippen LogP contribution is 2.22. The van der Waals surface area contributed by atoms with Crippen LogP contribution in [0.3, 0.4) is 0 Å². The van der Waals surface area contributed by atoms with Gasteiger partial charge in [-0.3, -0.25) is 5.32 Å². The predicted octanol–water partition coefficient (Wildman–Crippen LogP) is 2.95. The summed E-state index contributed by atoms with van der Waals surface area (Å²) in [4.78, 5) is 11.7.